The molecule has 5 heteroatoms. The number of carbonyl (C=O) groups excluding carboxylic acids is 1. The molecule has 0 spiro atoms. The molecule has 1 aromatic carbocycles. The highest BCUT2D eigenvalue weighted by Gasteiger charge is 2.19. The maximum atomic E-state index is 11.3. The predicted octanol–water partition coefficient (Wildman–Crippen LogP) is 1.23. The van der Waals surface area contributed by atoms with E-state index in [9.17, 15) is 4.79 Å². The number of piperazine rings is 1. The van der Waals surface area contributed by atoms with Crippen LogP contribution in [0, 0.1) is 0 Å². The number of nitrogens with one attached hydrogen (secondary N) is 1. The van der Waals surface area contributed by atoms with Gasteiger partial charge in [-0.25, -0.2) is 4.98 Å². The molecule has 1 aliphatic rings. The predicted molar refractivity (Wildman–Crippen MR) is 73.6 cm³/mol. The smallest absolute Gasteiger partial charge is 0.219 e. The molecule has 19 heavy (non-hydrogen) atoms. The van der Waals surface area contributed by atoms with Gasteiger partial charge >= 0.3 is 0 Å². The van der Waals surface area contributed by atoms with Crippen molar-refractivity contribution >= 4 is 16.9 Å². The quantitative estimate of drug-likeness (QED) is 0.881. The van der Waals surface area contributed by atoms with E-state index >= 15 is 0 Å². The Kier molecular flexibility index (Phi) is 3.21. The minimum absolute atomic E-state index is 0.170. The summed E-state index contributed by atoms with van der Waals surface area (Å²) in [6, 6.07) is 8.07. The number of aromatic amines is 1. The van der Waals surface area contributed by atoms with Crippen molar-refractivity contribution in [2.75, 3.05) is 26.2 Å². The van der Waals surface area contributed by atoms with Crippen molar-refractivity contribution < 1.29 is 4.79 Å². The van der Waals surface area contributed by atoms with Gasteiger partial charge in [0.15, 0.2) is 0 Å². The molecule has 1 aliphatic heterocycles. The Morgan fingerprint density at radius 3 is 2.68 bits per heavy atom. The van der Waals surface area contributed by atoms with Gasteiger partial charge in [0, 0.05) is 33.1 Å². The second-order valence-electron chi connectivity index (χ2n) is 4.98. The summed E-state index contributed by atoms with van der Waals surface area (Å²) >= 11 is 0. The van der Waals surface area contributed by atoms with E-state index in [1.165, 1.54) is 0 Å². The highest BCUT2D eigenvalue weighted by atomic mass is 16.2. The van der Waals surface area contributed by atoms with Crippen LogP contribution in [-0.2, 0) is 11.3 Å². The molecule has 1 fully saturated rings. The molecule has 0 unspecified atom stereocenters. The van der Waals surface area contributed by atoms with Crippen molar-refractivity contribution in [3.05, 3.63) is 30.1 Å². The van der Waals surface area contributed by atoms with Crippen molar-refractivity contribution in [2.45, 2.75) is 13.5 Å². The molecule has 1 N–H and O–H groups in total. The molecule has 0 aliphatic carbocycles. The lowest BCUT2D eigenvalue weighted by molar-refractivity contribution is -0.130. The van der Waals surface area contributed by atoms with E-state index in [1.54, 1.807) is 6.92 Å². The third-order valence-electron chi connectivity index (χ3n) is 3.63. The molecule has 1 saturated heterocycles. The van der Waals surface area contributed by atoms with Crippen LogP contribution in [-0.4, -0.2) is 51.9 Å². The highest BCUT2D eigenvalue weighted by molar-refractivity contribution is 5.74. The van der Waals surface area contributed by atoms with E-state index in [2.05, 4.69) is 14.9 Å². The zero-order valence-electron chi connectivity index (χ0n) is 11.1. The second-order valence-corrected chi connectivity index (χ2v) is 4.98. The van der Waals surface area contributed by atoms with Crippen molar-refractivity contribution in [3.8, 4) is 0 Å². The number of benzene rings is 1. The maximum Gasteiger partial charge on any atom is 0.219 e. The van der Waals surface area contributed by atoms with E-state index in [0.29, 0.717) is 0 Å². The van der Waals surface area contributed by atoms with Crippen LogP contribution in [0.15, 0.2) is 24.3 Å². The molecule has 100 valence electrons. The molecule has 3 rings (SSSR count). The summed E-state index contributed by atoms with van der Waals surface area (Å²) in [7, 11) is 0. The minimum Gasteiger partial charge on any atom is -0.341 e. The third-order valence-corrected chi connectivity index (χ3v) is 3.63. The summed E-state index contributed by atoms with van der Waals surface area (Å²) < 4.78 is 0. The monoisotopic (exact) mass is 258 g/mol. The average Bonchev–Trinajstić information content (AvgIpc) is 2.81. The number of aromatic nitrogens is 2. The first-order valence-electron chi connectivity index (χ1n) is 6.64. The van der Waals surface area contributed by atoms with Crippen LogP contribution in [0.4, 0.5) is 0 Å². The van der Waals surface area contributed by atoms with Gasteiger partial charge in [-0.1, -0.05) is 12.1 Å². The van der Waals surface area contributed by atoms with Gasteiger partial charge in [0.25, 0.3) is 0 Å². The molecular weight excluding hydrogens is 240 g/mol. The molecule has 5 nitrogen and oxygen atoms in total. The van der Waals surface area contributed by atoms with E-state index in [0.717, 1.165) is 49.6 Å². The largest absolute Gasteiger partial charge is 0.341 e. The Balaban J connectivity index is 1.64. The molecule has 0 radical (unpaired) electrons. The van der Waals surface area contributed by atoms with Gasteiger partial charge < -0.3 is 9.88 Å². The molecule has 1 amide bonds. The Labute approximate surface area is 112 Å². The van der Waals surface area contributed by atoms with E-state index in [1.807, 2.05) is 29.2 Å². The summed E-state index contributed by atoms with van der Waals surface area (Å²) in [5.41, 5.74) is 2.10. The summed E-state index contributed by atoms with van der Waals surface area (Å²) in [5, 5.41) is 0. The molecule has 0 atom stereocenters. The molecule has 0 saturated carbocycles. The number of hydrogen-bond donors (Lipinski definition) is 1. The summed E-state index contributed by atoms with van der Waals surface area (Å²) in [6.45, 7) is 5.91. The van der Waals surface area contributed by atoms with Crippen LogP contribution in [0.2, 0.25) is 0 Å². The number of carbonyl (C=O) groups is 1. The van der Waals surface area contributed by atoms with Crippen molar-refractivity contribution in [1.29, 1.82) is 0 Å². The second kappa shape index (κ2) is 5.01. The number of hydrogen-bond acceptors (Lipinski definition) is 3. The van der Waals surface area contributed by atoms with Crippen LogP contribution in [0.1, 0.15) is 12.7 Å². The molecule has 0 bridgehead atoms. The normalized spacial score (nSPS) is 17.0. The first-order chi connectivity index (χ1) is 9.22. The Hall–Kier alpha value is -1.88. The number of nitrogens with zero attached hydrogens (tertiary/aromatic N) is 3. The number of rotatable bonds is 2. The van der Waals surface area contributed by atoms with E-state index in [-0.39, 0.29) is 5.91 Å². The average molecular weight is 258 g/mol. The van der Waals surface area contributed by atoms with Gasteiger partial charge in [-0.2, -0.15) is 0 Å². The first-order valence-corrected chi connectivity index (χ1v) is 6.64. The standard InChI is InChI=1S/C14H18N4O/c1-11(19)18-8-6-17(7-9-18)10-14-15-12-4-2-3-5-13(12)16-14/h2-5H,6-10H2,1H3,(H,15,16). The summed E-state index contributed by atoms with van der Waals surface area (Å²) in [4.78, 5) is 23.4. The van der Waals surface area contributed by atoms with Gasteiger partial charge in [0.2, 0.25) is 5.91 Å². The lowest BCUT2D eigenvalue weighted by Gasteiger charge is -2.33. The molecule has 2 heterocycles. The van der Waals surface area contributed by atoms with Crippen LogP contribution in [0.5, 0.6) is 0 Å². The Morgan fingerprint density at radius 2 is 2.00 bits per heavy atom. The van der Waals surface area contributed by atoms with E-state index in [4.69, 9.17) is 0 Å². The number of para-hydroxylation sites is 2. The third kappa shape index (κ3) is 2.61. The maximum absolute atomic E-state index is 11.3. The van der Waals surface area contributed by atoms with Crippen LogP contribution < -0.4 is 0 Å². The topological polar surface area (TPSA) is 52.2 Å². The van der Waals surface area contributed by atoms with Gasteiger partial charge in [-0.15, -0.1) is 0 Å². The van der Waals surface area contributed by atoms with Gasteiger partial charge in [0.1, 0.15) is 5.82 Å². The summed E-state index contributed by atoms with van der Waals surface area (Å²) in [5.74, 6) is 1.17. The zero-order valence-corrected chi connectivity index (χ0v) is 11.1. The number of imidazole rings is 1. The Morgan fingerprint density at radius 1 is 1.26 bits per heavy atom. The van der Waals surface area contributed by atoms with Crippen molar-refractivity contribution in [2.24, 2.45) is 0 Å². The zero-order chi connectivity index (χ0) is 13.2. The SMILES string of the molecule is CC(=O)N1CCN(Cc2nc3ccccc3[nH]2)CC1. The number of amides is 1. The van der Waals surface area contributed by atoms with Crippen molar-refractivity contribution in [1.82, 2.24) is 19.8 Å². The lowest BCUT2D eigenvalue weighted by Crippen LogP contribution is -2.47. The van der Waals surface area contributed by atoms with Gasteiger partial charge in [-0.05, 0) is 12.1 Å². The fraction of sp³-hybridized carbons (Fsp3) is 0.429. The van der Waals surface area contributed by atoms with Crippen LogP contribution in [0.3, 0.4) is 0 Å². The number of fused-ring (bicyclic) bond motifs is 1. The van der Waals surface area contributed by atoms with Crippen molar-refractivity contribution in [3.63, 3.8) is 0 Å². The van der Waals surface area contributed by atoms with Gasteiger partial charge in [-0.3, -0.25) is 9.69 Å². The lowest BCUT2D eigenvalue weighted by atomic mass is 10.3. The molecular formula is C14H18N4O. The molecule has 1 aromatic heterocycles. The molecule has 2 aromatic rings. The Bertz CT molecular complexity index is 551. The fourth-order valence-electron chi connectivity index (χ4n) is 2.51. The summed E-state index contributed by atoms with van der Waals surface area (Å²) in [6.07, 6.45) is 0. The first kappa shape index (κ1) is 12.2. The van der Waals surface area contributed by atoms with Gasteiger partial charge in [0.05, 0.1) is 17.6 Å². The highest BCUT2D eigenvalue weighted by Crippen LogP contribution is 2.12. The minimum atomic E-state index is 0.170. The number of H-pyrrole nitrogens is 1. The van der Waals surface area contributed by atoms with E-state index < -0.39 is 0 Å². The van der Waals surface area contributed by atoms with Crippen LogP contribution >= 0.6 is 0 Å². The van der Waals surface area contributed by atoms with Crippen LogP contribution in [0.25, 0.3) is 11.0 Å². The fourth-order valence-corrected chi connectivity index (χ4v) is 2.51.